The quantitative estimate of drug-likeness (QED) is 0.128. The van der Waals surface area contributed by atoms with E-state index in [9.17, 15) is 19.2 Å². The van der Waals surface area contributed by atoms with Crippen molar-refractivity contribution in [3.8, 4) is 0 Å². The molecule has 15 heteroatoms. The van der Waals surface area contributed by atoms with Gasteiger partial charge in [-0.3, -0.25) is 9.59 Å². The minimum absolute atomic E-state index is 0.0493. The van der Waals surface area contributed by atoms with Crippen LogP contribution in [0.3, 0.4) is 0 Å². The minimum atomic E-state index is -1.40. The number of imide groups is 1. The molecule has 0 spiro atoms. The molecule has 0 aliphatic rings. The van der Waals surface area contributed by atoms with E-state index in [1.807, 2.05) is 0 Å². The van der Waals surface area contributed by atoms with Crippen LogP contribution in [0.2, 0.25) is 0 Å². The van der Waals surface area contributed by atoms with E-state index in [-0.39, 0.29) is 23.8 Å². The van der Waals surface area contributed by atoms with Crippen LogP contribution in [0.15, 0.2) is 51.2 Å². The van der Waals surface area contributed by atoms with Crippen molar-refractivity contribution < 1.29 is 38.3 Å². The fraction of sp³-hybridized carbons (Fsp3) is 0.269. The maximum atomic E-state index is 13.2. The van der Waals surface area contributed by atoms with E-state index in [0.29, 0.717) is 22.5 Å². The number of amidine groups is 1. The fourth-order valence-electron chi connectivity index (χ4n) is 3.46. The highest BCUT2D eigenvalue weighted by Gasteiger charge is 2.27. The molecule has 0 radical (unpaired) electrons. The second-order valence-electron chi connectivity index (χ2n) is 8.47. The Labute approximate surface area is 234 Å². The molecular formula is C26H29N7O8. The van der Waals surface area contributed by atoms with Crippen LogP contribution in [-0.4, -0.2) is 75.6 Å². The molecule has 15 nitrogen and oxygen atoms in total. The lowest BCUT2D eigenvalue weighted by molar-refractivity contribution is -0.161. The van der Waals surface area contributed by atoms with Crippen molar-refractivity contribution in [2.45, 2.75) is 33.8 Å². The van der Waals surface area contributed by atoms with Crippen molar-refractivity contribution in [2.24, 2.45) is 15.7 Å². The molecule has 0 fully saturated rings. The molecule has 0 bridgehead atoms. The van der Waals surface area contributed by atoms with Gasteiger partial charge in [0.25, 0.3) is 11.8 Å². The lowest BCUT2D eigenvalue weighted by atomic mass is 10.1. The van der Waals surface area contributed by atoms with Gasteiger partial charge in [-0.1, -0.05) is 11.2 Å². The van der Waals surface area contributed by atoms with Gasteiger partial charge in [-0.25, -0.2) is 24.5 Å². The van der Waals surface area contributed by atoms with E-state index in [0.717, 1.165) is 16.8 Å². The summed E-state index contributed by atoms with van der Waals surface area (Å²) in [6, 6.07) is 6.38. The highest BCUT2D eigenvalue weighted by molar-refractivity contribution is 6.09. The van der Waals surface area contributed by atoms with E-state index < -0.39 is 36.8 Å². The average molecular weight is 568 g/mol. The van der Waals surface area contributed by atoms with Crippen LogP contribution in [0.5, 0.6) is 0 Å². The molecule has 3 rings (SSSR count). The molecule has 3 amide bonds. The Morgan fingerprint density at radius 1 is 1.24 bits per heavy atom. The fourth-order valence-corrected chi connectivity index (χ4v) is 3.46. The van der Waals surface area contributed by atoms with Crippen molar-refractivity contribution in [1.82, 2.24) is 15.0 Å². The first-order valence-electron chi connectivity index (χ1n) is 12.2. The molecule has 41 heavy (non-hydrogen) atoms. The third-order valence-corrected chi connectivity index (χ3v) is 5.67. The molecule has 1 atom stereocenters. The highest BCUT2D eigenvalue weighted by atomic mass is 16.7. The number of carbonyl (C=O) groups excluding carboxylic acids is 4. The monoisotopic (exact) mass is 567 g/mol. The SMILES string of the molecule is CCN(C(=O)OCOC(=O)C(C)O)C(=O)c1c[nH]c(C(N=CN)=Nc2cc(C(=O)Nc3ccon3)ccc2C)c1C. The van der Waals surface area contributed by atoms with Gasteiger partial charge in [0.2, 0.25) is 6.79 Å². The van der Waals surface area contributed by atoms with E-state index in [4.69, 9.17) is 20.1 Å². The van der Waals surface area contributed by atoms with Gasteiger partial charge in [-0.05, 0) is 51.0 Å². The van der Waals surface area contributed by atoms with Gasteiger partial charge in [-0.15, -0.1) is 0 Å². The van der Waals surface area contributed by atoms with Crippen LogP contribution in [0.1, 0.15) is 51.4 Å². The molecule has 0 saturated carbocycles. The number of nitrogens with two attached hydrogens (primary N) is 1. The smallest absolute Gasteiger partial charge is 0.419 e. The minimum Gasteiger partial charge on any atom is -0.426 e. The summed E-state index contributed by atoms with van der Waals surface area (Å²) >= 11 is 0. The lowest BCUT2D eigenvalue weighted by Gasteiger charge is -2.18. The number of aryl methyl sites for hydroxylation is 1. The van der Waals surface area contributed by atoms with E-state index in [2.05, 4.69) is 30.2 Å². The number of anilines is 1. The number of hydrogen-bond acceptors (Lipinski definition) is 10. The zero-order valence-corrected chi connectivity index (χ0v) is 22.7. The Balaban J connectivity index is 1.86. The number of aliphatic imine (C=N–C) groups is 2. The van der Waals surface area contributed by atoms with Gasteiger partial charge in [0.15, 0.2) is 11.7 Å². The summed E-state index contributed by atoms with van der Waals surface area (Å²) in [5.41, 5.74) is 7.86. The van der Waals surface area contributed by atoms with Gasteiger partial charge in [0.05, 0.1) is 23.3 Å². The first-order valence-corrected chi connectivity index (χ1v) is 12.2. The number of aliphatic hydroxyl groups excluding tert-OH is 1. The molecular weight excluding hydrogens is 538 g/mol. The number of hydrogen-bond donors (Lipinski definition) is 4. The Hall–Kier alpha value is -5.31. The molecule has 0 saturated heterocycles. The zero-order chi connectivity index (χ0) is 30.1. The summed E-state index contributed by atoms with van der Waals surface area (Å²) in [5.74, 6) is -1.76. The van der Waals surface area contributed by atoms with Crippen molar-refractivity contribution in [3.63, 3.8) is 0 Å². The zero-order valence-electron chi connectivity index (χ0n) is 22.7. The number of carbonyl (C=O) groups is 4. The van der Waals surface area contributed by atoms with Crippen LogP contribution in [-0.2, 0) is 14.3 Å². The van der Waals surface area contributed by atoms with Gasteiger partial charge in [-0.2, -0.15) is 0 Å². The third-order valence-electron chi connectivity index (χ3n) is 5.67. The van der Waals surface area contributed by atoms with Crippen LogP contribution in [0.4, 0.5) is 16.3 Å². The Kier molecular flexibility index (Phi) is 10.1. The summed E-state index contributed by atoms with van der Waals surface area (Å²) in [7, 11) is 0. The Morgan fingerprint density at radius 2 is 2.00 bits per heavy atom. The summed E-state index contributed by atoms with van der Waals surface area (Å²) < 4.78 is 14.2. The summed E-state index contributed by atoms with van der Waals surface area (Å²) in [6.07, 6.45) is 1.29. The second-order valence-corrected chi connectivity index (χ2v) is 8.47. The summed E-state index contributed by atoms with van der Waals surface area (Å²) in [6.45, 7) is 5.34. The normalized spacial score (nSPS) is 12.2. The predicted molar refractivity (Wildman–Crippen MR) is 146 cm³/mol. The van der Waals surface area contributed by atoms with Crippen LogP contribution in [0.25, 0.3) is 0 Å². The molecule has 1 aromatic carbocycles. The number of ether oxygens (including phenoxy) is 2. The average Bonchev–Trinajstić information content (AvgIpc) is 3.59. The standard InChI is InChI=1S/C26H29N7O8/c1-5-33(26(38)40-13-39-25(37)16(4)34)24(36)18-11-28-21(15(18)3)22(29-12-27)30-19-10-17(7-6-14(19)2)23(35)31-20-8-9-41-32-20/h6-12,16,28,34H,5,13H2,1-4H3,(H2,27,29,30)(H,31,32,35). The van der Waals surface area contributed by atoms with E-state index in [1.165, 1.54) is 25.5 Å². The molecule has 0 aliphatic heterocycles. The predicted octanol–water partition coefficient (Wildman–Crippen LogP) is 2.42. The number of aromatic amines is 1. The maximum Gasteiger partial charge on any atom is 0.419 e. The number of H-pyrrole nitrogens is 1. The second kappa shape index (κ2) is 13.7. The molecule has 2 heterocycles. The number of rotatable bonds is 9. The Bertz CT molecular complexity index is 1470. The van der Waals surface area contributed by atoms with Gasteiger partial charge in [0.1, 0.15) is 12.4 Å². The van der Waals surface area contributed by atoms with Crippen molar-refractivity contribution in [2.75, 3.05) is 18.7 Å². The van der Waals surface area contributed by atoms with Gasteiger partial charge < -0.3 is 35.1 Å². The molecule has 5 N–H and O–H groups in total. The molecule has 0 aliphatic carbocycles. The summed E-state index contributed by atoms with van der Waals surface area (Å²) in [4.78, 5) is 62.1. The number of nitrogens with zero attached hydrogens (tertiary/aromatic N) is 4. The third kappa shape index (κ3) is 7.42. The maximum absolute atomic E-state index is 13.2. The molecule has 216 valence electrons. The number of aromatic nitrogens is 2. The van der Waals surface area contributed by atoms with Crippen LogP contribution in [0, 0.1) is 13.8 Å². The molecule has 1 unspecified atom stereocenters. The number of aliphatic hydroxyl groups is 1. The summed E-state index contributed by atoms with van der Waals surface area (Å²) in [5, 5.41) is 15.4. The van der Waals surface area contributed by atoms with E-state index in [1.54, 1.807) is 39.0 Å². The van der Waals surface area contributed by atoms with Gasteiger partial charge in [0, 0.05) is 24.4 Å². The van der Waals surface area contributed by atoms with Crippen molar-refractivity contribution in [1.29, 1.82) is 0 Å². The largest absolute Gasteiger partial charge is 0.426 e. The number of amides is 3. The number of nitrogens with one attached hydrogen (secondary N) is 2. The number of esters is 1. The lowest BCUT2D eigenvalue weighted by Crippen LogP contribution is -2.38. The Morgan fingerprint density at radius 3 is 2.63 bits per heavy atom. The van der Waals surface area contributed by atoms with Gasteiger partial charge >= 0.3 is 12.1 Å². The highest BCUT2D eigenvalue weighted by Crippen LogP contribution is 2.24. The number of benzene rings is 1. The van der Waals surface area contributed by atoms with Crippen molar-refractivity contribution >= 4 is 47.6 Å². The molecule has 3 aromatic rings. The molecule has 2 aromatic heterocycles. The van der Waals surface area contributed by atoms with E-state index >= 15 is 0 Å². The van der Waals surface area contributed by atoms with Crippen LogP contribution >= 0.6 is 0 Å². The topological polar surface area (TPSA) is 215 Å². The van der Waals surface area contributed by atoms with Crippen molar-refractivity contribution in [3.05, 3.63) is 64.7 Å². The van der Waals surface area contributed by atoms with Crippen LogP contribution < -0.4 is 11.1 Å². The first kappa shape index (κ1) is 30.2. The first-order chi connectivity index (χ1) is 19.6.